The smallest absolute Gasteiger partial charge is 0.462 e. The van der Waals surface area contributed by atoms with Crippen LogP contribution in [0.15, 0.2) is 24.3 Å². The van der Waals surface area contributed by atoms with Gasteiger partial charge in [0.15, 0.2) is 6.10 Å². The van der Waals surface area contributed by atoms with Crippen LogP contribution in [0.2, 0.25) is 0 Å². The van der Waals surface area contributed by atoms with Gasteiger partial charge < -0.3 is 19.7 Å². The molecule has 9 nitrogen and oxygen atoms in total. The summed E-state index contributed by atoms with van der Waals surface area (Å²) in [5, 5.41) is 2.83. The maximum atomic E-state index is 12.7. The third-order valence-corrected chi connectivity index (χ3v) is 11.5. The van der Waals surface area contributed by atoms with E-state index < -0.39 is 26.5 Å². The number of carbonyl (C=O) groups excluding carboxylic acids is 2. The number of unbranched alkanes of at least 4 members (excludes halogenated alkanes) is 28. The van der Waals surface area contributed by atoms with Gasteiger partial charge in [-0.1, -0.05) is 179 Å². The highest BCUT2D eigenvalue weighted by atomic mass is 31.2. The zero-order chi connectivity index (χ0) is 42.5. The van der Waals surface area contributed by atoms with Crippen molar-refractivity contribution in [3.63, 3.8) is 0 Å². The molecule has 0 spiro atoms. The van der Waals surface area contributed by atoms with Gasteiger partial charge in [-0.2, -0.15) is 0 Å². The lowest BCUT2D eigenvalue weighted by Gasteiger charge is -2.20. The summed E-state index contributed by atoms with van der Waals surface area (Å²) in [7, 11) is -2.65. The van der Waals surface area contributed by atoms with Crippen molar-refractivity contribution in [3.05, 3.63) is 24.3 Å². The molecular weight excluding hydrogens is 750 g/mol. The summed E-state index contributed by atoms with van der Waals surface area (Å²) in [4.78, 5) is 35.2. The molecule has 2 N–H and O–H groups in total. The summed E-state index contributed by atoms with van der Waals surface area (Å²) in [6, 6.07) is 0. The Labute approximate surface area is 357 Å². The number of phosphoric ester groups is 1. The number of ether oxygens (including phenoxy) is 2. The molecule has 0 aromatic rings. The van der Waals surface area contributed by atoms with Crippen molar-refractivity contribution in [3.8, 4) is 0 Å². The minimum atomic E-state index is -4.35. The van der Waals surface area contributed by atoms with Gasteiger partial charge in [-0.25, -0.2) is 4.57 Å². The summed E-state index contributed by atoms with van der Waals surface area (Å²) < 4.78 is 33.3. The van der Waals surface area contributed by atoms with Gasteiger partial charge in [0.05, 0.1) is 13.2 Å². The molecule has 2 unspecified atom stereocenters. The van der Waals surface area contributed by atoms with Crippen LogP contribution in [0.3, 0.4) is 0 Å². The van der Waals surface area contributed by atoms with Crippen molar-refractivity contribution in [2.24, 2.45) is 0 Å². The molecule has 58 heavy (non-hydrogen) atoms. The molecule has 0 aliphatic carbocycles. The fraction of sp³-hybridized carbons (Fsp3) is 0.875. The third kappa shape index (κ3) is 44.1. The van der Waals surface area contributed by atoms with E-state index in [1.807, 2.05) is 0 Å². The predicted octanol–water partition coefficient (Wildman–Crippen LogP) is 14.2. The van der Waals surface area contributed by atoms with Gasteiger partial charge in [0.25, 0.3) is 0 Å². The van der Waals surface area contributed by atoms with Gasteiger partial charge in [0, 0.05) is 19.4 Å². The normalized spacial score (nSPS) is 13.4. The molecule has 0 saturated carbocycles. The number of rotatable bonds is 46. The van der Waals surface area contributed by atoms with Crippen molar-refractivity contribution in [1.29, 1.82) is 0 Å². The lowest BCUT2D eigenvalue weighted by Crippen LogP contribution is -2.29. The highest BCUT2D eigenvalue weighted by molar-refractivity contribution is 7.47. The van der Waals surface area contributed by atoms with E-state index >= 15 is 0 Å². The van der Waals surface area contributed by atoms with Crippen LogP contribution < -0.4 is 5.32 Å². The van der Waals surface area contributed by atoms with Gasteiger partial charge in [-0.15, -0.1) is 0 Å². The molecule has 0 aliphatic rings. The molecule has 0 aliphatic heterocycles. The molecule has 0 fully saturated rings. The Morgan fingerprint density at radius 2 is 0.879 bits per heavy atom. The van der Waals surface area contributed by atoms with Gasteiger partial charge in [0.1, 0.15) is 6.61 Å². The van der Waals surface area contributed by atoms with E-state index in [9.17, 15) is 19.0 Å². The van der Waals surface area contributed by atoms with Crippen LogP contribution in [-0.4, -0.2) is 56.3 Å². The van der Waals surface area contributed by atoms with E-state index in [1.165, 1.54) is 167 Å². The summed E-state index contributed by atoms with van der Waals surface area (Å²) >= 11 is 0. The summed E-state index contributed by atoms with van der Waals surface area (Å²) in [5.41, 5.74) is 0. The molecule has 0 bridgehead atoms. The summed E-state index contributed by atoms with van der Waals surface area (Å²) in [6.07, 6.45) is 47.9. The van der Waals surface area contributed by atoms with Crippen LogP contribution in [0, 0.1) is 0 Å². The lowest BCUT2D eigenvalue weighted by molar-refractivity contribution is -0.161. The van der Waals surface area contributed by atoms with E-state index in [-0.39, 0.29) is 32.0 Å². The predicted molar refractivity (Wildman–Crippen MR) is 243 cm³/mol. The number of allylic oxidation sites excluding steroid dienone is 4. The van der Waals surface area contributed by atoms with Crippen LogP contribution in [-0.2, 0) is 32.7 Å². The average Bonchev–Trinajstić information content (AvgIpc) is 3.21. The molecule has 342 valence electrons. The fourth-order valence-electron chi connectivity index (χ4n) is 6.84. The quantitative estimate of drug-likeness (QED) is 0.0267. The monoisotopic (exact) mass is 842 g/mol. The lowest BCUT2D eigenvalue weighted by atomic mass is 10.0. The zero-order valence-electron chi connectivity index (χ0n) is 38.0. The number of hydrogen-bond acceptors (Lipinski definition) is 8. The molecule has 0 saturated heterocycles. The third-order valence-electron chi connectivity index (χ3n) is 10.5. The van der Waals surface area contributed by atoms with Crippen molar-refractivity contribution in [2.45, 2.75) is 238 Å². The molecule has 10 heteroatoms. The van der Waals surface area contributed by atoms with Crippen LogP contribution in [0.4, 0.5) is 0 Å². The minimum Gasteiger partial charge on any atom is -0.462 e. The average molecular weight is 842 g/mol. The first-order valence-corrected chi connectivity index (χ1v) is 25.8. The Hall–Kier alpha value is -1.51. The maximum absolute atomic E-state index is 12.7. The molecule has 0 amide bonds. The Morgan fingerprint density at radius 3 is 1.29 bits per heavy atom. The number of phosphoric acid groups is 1. The Balaban J connectivity index is 4.12. The second-order valence-electron chi connectivity index (χ2n) is 16.3. The number of carbonyl (C=O) groups is 2. The zero-order valence-corrected chi connectivity index (χ0v) is 38.9. The Morgan fingerprint density at radius 1 is 0.517 bits per heavy atom. The van der Waals surface area contributed by atoms with Crippen molar-refractivity contribution in [2.75, 3.05) is 33.4 Å². The van der Waals surface area contributed by atoms with Crippen LogP contribution in [0.25, 0.3) is 0 Å². The molecular formula is C48H92NO8P. The minimum absolute atomic E-state index is 0.0161. The van der Waals surface area contributed by atoms with Gasteiger partial charge in [-0.05, 0) is 71.3 Å². The number of nitrogens with one attached hydrogen (secondary N) is 1. The Kier molecular flexibility index (Phi) is 43.9. The van der Waals surface area contributed by atoms with Crippen molar-refractivity contribution >= 4 is 19.8 Å². The molecule has 0 heterocycles. The first-order chi connectivity index (χ1) is 28.3. The summed E-state index contributed by atoms with van der Waals surface area (Å²) in [5.74, 6) is -0.804. The summed E-state index contributed by atoms with van der Waals surface area (Å²) in [6.45, 7) is 4.23. The number of likely N-dealkylation sites (N-methyl/N-ethyl adjacent to an activating group) is 1. The topological polar surface area (TPSA) is 120 Å². The number of esters is 2. The van der Waals surface area contributed by atoms with Gasteiger partial charge in [0.2, 0.25) is 0 Å². The van der Waals surface area contributed by atoms with Crippen LogP contribution >= 0.6 is 7.82 Å². The Bertz CT molecular complexity index is 1010. The van der Waals surface area contributed by atoms with Gasteiger partial charge >= 0.3 is 19.8 Å². The maximum Gasteiger partial charge on any atom is 0.472 e. The number of hydrogen-bond donors (Lipinski definition) is 2. The van der Waals surface area contributed by atoms with E-state index in [4.69, 9.17) is 18.5 Å². The van der Waals surface area contributed by atoms with E-state index in [1.54, 1.807) is 7.05 Å². The van der Waals surface area contributed by atoms with Crippen molar-refractivity contribution in [1.82, 2.24) is 5.32 Å². The largest absolute Gasteiger partial charge is 0.472 e. The van der Waals surface area contributed by atoms with Crippen molar-refractivity contribution < 1.29 is 37.6 Å². The molecule has 2 atom stereocenters. The standard InChI is InChI=1S/C48H92NO8P/c1-4-6-8-10-12-14-16-18-20-21-22-23-24-25-27-29-31-33-35-37-39-41-48(51)57-46(45-56-58(52,53)55-43-42-49-3)44-54-47(50)40-38-36-34-32-30-28-26-19-17-15-13-11-9-7-5-2/h15,17-18,20,46,49H,4-14,16,19,21-45H2,1-3H3,(H,52,53)/b17-15-,20-18-. The molecule has 0 rings (SSSR count). The van der Waals surface area contributed by atoms with E-state index in [0.717, 1.165) is 32.1 Å². The fourth-order valence-corrected chi connectivity index (χ4v) is 7.59. The molecule has 0 aromatic heterocycles. The SMILES string of the molecule is CCCCCC/C=C\CCCCCCCCCC(=O)OCC(COP(=O)(O)OCCNC)OC(=O)CCCCCCCCCCCCC/C=C\CCCCCCCC. The first kappa shape index (κ1) is 56.5. The van der Waals surface area contributed by atoms with E-state index in [2.05, 4.69) is 43.5 Å². The highest BCUT2D eigenvalue weighted by Gasteiger charge is 2.26. The highest BCUT2D eigenvalue weighted by Crippen LogP contribution is 2.43. The van der Waals surface area contributed by atoms with Crippen LogP contribution in [0.1, 0.15) is 232 Å². The second-order valence-corrected chi connectivity index (χ2v) is 17.7. The van der Waals surface area contributed by atoms with Crippen LogP contribution in [0.5, 0.6) is 0 Å². The van der Waals surface area contributed by atoms with Gasteiger partial charge in [-0.3, -0.25) is 18.6 Å². The molecule has 0 aromatic carbocycles. The van der Waals surface area contributed by atoms with E-state index in [0.29, 0.717) is 13.0 Å². The first-order valence-electron chi connectivity index (χ1n) is 24.3. The second kappa shape index (κ2) is 45.0. The molecule has 0 radical (unpaired) electrons.